The second kappa shape index (κ2) is 5.44. The van der Waals surface area contributed by atoms with E-state index >= 15 is 0 Å². The molecule has 0 spiro atoms. The molecule has 4 rings (SSSR count). The summed E-state index contributed by atoms with van der Waals surface area (Å²) < 4.78 is 10.6. The van der Waals surface area contributed by atoms with Gasteiger partial charge in [0.2, 0.25) is 6.79 Å². The minimum absolute atomic E-state index is 0.203. The van der Waals surface area contributed by atoms with Crippen LogP contribution in [0.2, 0.25) is 5.02 Å². The second-order valence-corrected chi connectivity index (χ2v) is 5.43. The van der Waals surface area contributed by atoms with E-state index in [-0.39, 0.29) is 6.79 Å². The number of halogens is 1. The number of carbonyl (C=O) groups excluding carboxylic acids is 1. The molecule has 0 fully saturated rings. The number of ether oxygens (including phenoxy) is 2. The zero-order valence-electron chi connectivity index (χ0n) is 11.8. The molecule has 0 saturated heterocycles. The van der Waals surface area contributed by atoms with Crippen LogP contribution in [0.3, 0.4) is 0 Å². The molecule has 6 heteroatoms. The van der Waals surface area contributed by atoms with Crippen molar-refractivity contribution >= 4 is 29.4 Å². The van der Waals surface area contributed by atoms with Gasteiger partial charge in [0, 0.05) is 10.6 Å². The Balaban J connectivity index is 1.72. The topological polar surface area (TPSA) is 57.1 Å². The van der Waals surface area contributed by atoms with Crippen molar-refractivity contribution in [2.45, 2.75) is 0 Å². The van der Waals surface area contributed by atoms with Crippen LogP contribution in [0.15, 0.2) is 53.2 Å². The fourth-order valence-electron chi connectivity index (χ4n) is 2.39. The van der Waals surface area contributed by atoms with E-state index in [2.05, 4.69) is 5.16 Å². The molecule has 0 radical (unpaired) electrons. The summed E-state index contributed by atoms with van der Waals surface area (Å²) in [6, 6.07) is 12.5. The minimum Gasteiger partial charge on any atom is -0.454 e. The molecule has 2 aromatic carbocycles. The summed E-state index contributed by atoms with van der Waals surface area (Å²) in [4.78, 5) is 16.8. The molecule has 0 bridgehead atoms. The van der Waals surface area contributed by atoms with Crippen LogP contribution in [0.4, 0.5) is 0 Å². The largest absolute Gasteiger partial charge is 0.454 e. The zero-order valence-corrected chi connectivity index (χ0v) is 12.5. The first-order valence-corrected chi connectivity index (χ1v) is 7.25. The first-order chi connectivity index (χ1) is 11.2. The van der Waals surface area contributed by atoms with E-state index in [1.54, 1.807) is 42.5 Å². The van der Waals surface area contributed by atoms with Gasteiger partial charge >= 0.3 is 5.97 Å². The molecule has 0 saturated carbocycles. The van der Waals surface area contributed by atoms with E-state index in [1.807, 2.05) is 6.07 Å². The molecule has 0 aliphatic carbocycles. The predicted molar refractivity (Wildman–Crippen MR) is 84.6 cm³/mol. The summed E-state index contributed by atoms with van der Waals surface area (Å²) in [6.07, 6.45) is 1.71. The van der Waals surface area contributed by atoms with Crippen LogP contribution >= 0.6 is 11.6 Å². The number of hydrogen-bond acceptors (Lipinski definition) is 5. The molecule has 0 aromatic heterocycles. The summed E-state index contributed by atoms with van der Waals surface area (Å²) in [5.74, 6) is 0.844. The lowest BCUT2D eigenvalue weighted by atomic mass is 10.0. The van der Waals surface area contributed by atoms with E-state index in [4.69, 9.17) is 25.9 Å². The van der Waals surface area contributed by atoms with Gasteiger partial charge in [-0.2, -0.15) is 0 Å². The van der Waals surface area contributed by atoms with Crippen molar-refractivity contribution in [3.63, 3.8) is 0 Å². The lowest BCUT2D eigenvalue weighted by Gasteiger charge is -2.02. The Morgan fingerprint density at radius 3 is 2.65 bits per heavy atom. The summed E-state index contributed by atoms with van der Waals surface area (Å²) >= 11 is 5.89. The van der Waals surface area contributed by atoms with Crippen molar-refractivity contribution in [3.05, 3.63) is 64.2 Å². The van der Waals surface area contributed by atoms with Crippen molar-refractivity contribution in [1.29, 1.82) is 0 Å². The Morgan fingerprint density at radius 2 is 1.83 bits per heavy atom. The molecule has 2 aliphatic heterocycles. The third-order valence-electron chi connectivity index (χ3n) is 3.52. The molecule has 0 unspecified atom stereocenters. The van der Waals surface area contributed by atoms with E-state index in [0.717, 1.165) is 11.1 Å². The van der Waals surface area contributed by atoms with Crippen LogP contribution in [0.1, 0.15) is 11.1 Å². The monoisotopic (exact) mass is 327 g/mol. The molecule has 2 aromatic rings. The summed E-state index contributed by atoms with van der Waals surface area (Å²) in [5, 5.41) is 4.48. The molecule has 0 amide bonds. The van der Waals surface area contributed by atoms with Gasteiger partial charge in [-0.3, -0.25) is 0 Å². The van der Waals surface area contributed by atoms with Crippen LogP contribution in [0.25, 0.3) is 6.08 Å². The molecule has 5 nitrogen and oxygen atoms in total. The smallest absolute Gasteiger partial charge is 0.368 e. The second-order valence-electron chi connectivity index (χ2n) is 5.00. The maximum Gasteiger partial charge on any atom is 0.368 e. The van der Waals surface area contributed by atoms with E-state index in [1.165, 1.54) is 0 Å². The van der Waals surface area contributed by atoms with Crippen molar-refractivity contribution in [2.24, 2.45) is 5.16 Å². The fourth-order valence-corrected chi connectivity index (χ4v) is 2.52. The summed E-state index contributed by atoms with van der Waals surface area (Å²) in [6.45, 7) is 0.203. The number of oxime groups is 1. The number of fused-ring (bicyclic) bond motifs is 1. The van der Waals surface area contributed by atoms with Crippen LogP contribution in [-0.2, 0) is 9.63 Å². The van der Waals surface area contributed by atoms with Crippen LogP contribution < -0.4 is 9.47 Å². The van der Waals surface area contributed by atoms with Gasteiger partial charge in [-0.25, -0.2) is 4.79 Å². The fraction of sp³-hybridized carbons (Fsp3) is 0.0588. The standard InChI is InChI=1S/C17H10ClNO4/c18-12-4-2-11(3-5-12)16-13(17(20)23-19-16)7-10-1-6-14-15(8-10)22-9-21-14/h1-8H,9H2/b13-7-. The third-order valence-corrected chi connectivity index (χ3v) is 3.77. The lowest BCUT2D eigenvalue weighted by Crippen LogP contribution is -2.06. The Hall–Kier alpha value is -2.79. The molecular weight excluding hydrogens is 318 g/mol. The molecule has 114 valence electrons. The lowest BCUT2D eigenvalue weighted by molar-refractivity contribution is -0.136. The highest BCUT2D eigenvalue weighted by atomic mass is 35.5. The van der Waals surface area contributed by atoms with E-state index in [0.29, 0.717) is 27.8 Å². The van der Waals surface area contributed by atoms with E-state index in [9.17, 15) is 4.79 Å². The van der Waals surface area contributed by atoms with Gasteiger partial charge in [-0.05, 0) is 35.9 Å². The molecule has 0 atom stereocenters. The molecule has 2 aliphatic rings. The van der Waals surface area contributed by atoms with Crippen molar-refractivity contribution in [1.82, 2.24) is 0 Å². The average molecular weight is 328 g/mol. The van der Waals surface area contributed by atoms with Crippen molar-refractivity contribution in [2.75, 3.05) is 6.79 Å². The van der Waals surface area contributed by atoms with Crippen molar-refractivity contribution < 1.29 is 19.1 Å². The number of hydrogen-bond donors (Lipinski definition) is 0. The number of nitrogens with zero attached hydrogens (tertiary/aromatic N) is 1. The first-order valence-electron chi connectivity index (χ1n) is 6.88. The zero-order chi connectivity index (χ0) is 15.8. The van der Waals surface area contributed by atoms with Crippen molar-refractivity contribution in [3.8, 4) is 11.5 Å². The number of carbonyl (C=O) groups is 1. The number of benzene rings is 2. The van der Waals surface area contributed by atoms with Gasteiger partial charge in [-0.1, -0.05) is 35.0 Å². The van der Waals surface area contributed by atoms with Gasteiger partial charge in [-0.15, -0.1) is 0 Å². The van der Waals surface area contributed by atoms with Gasteiger partial charge in [0.05, 0.1) is 5.57 Å². The summed E-state index contributed by atoms with van der Waals surface area (Å²) in [5.41, 5.74) is 2.41. The SMILES string of the molecule is O=C1ON=C(c2ccc(Cl)cc2)/C1=C/c1ccc2c(c1)OCO2. The minimum atomic E-state index is -0.493. The van der Waals surface area contributed by atoms with Crippen LogP contribution in [0.5, 0.6) is 11.5 Å². The average Bonchev–Trinajstić information content (AvgIpc) is 3.16. The van der Waals surface area contributed by atoms with Gasteiger partial charge < -0.3 is 14.3 Å². The highest BCUT2D eigenvalue weighted by molar-refractivity contribution is 6.32. The maximum absolute atomic E-state index is 12.0. The normalized spacial score (nSPS) is 17.3. The van der Waals surface area contributed by atoms with Gasteiger partial charge in [0.15, 0.2) is 11.5 Å². The van der Waals surface area contributed by atoms with Gasteiger partial charge in [0.25, 0.3) is 0 Å². The Kier molecular flexibility index (Phi) is 3.28. The number of rotatable bonds is 2. The van der Waals surface area contributed by atoms with E-state index < -0.39 is 5.97 Å². The summed E-state index contributed by atoms with van der Waals surface area (Å²) in [7, 11) is 0. The molecular formula is C17H10ClNO4. The third kappa shape index (κ3) is 2.55. The Bertz CT molecular complexity index is 855. The molecule has 23 heavy (non-hydrogen) atoms. The Labute approximate surface area is 136 Å². The van der Waals surface area contributed by atoms with Gasteiger partial charge in [0.1, 0.15) is 5.71 Å². The predicted octanol–water partition coefficient (Wildman–Crippen LogP) is 3.41. The first kappa shape index (κ1) is 13.8. The highest BCUT2D eigenvalue weighted by Gasteiger charge is 2.27. The van der Waals surface area contributed by atoms with Crippen LogP contribution in [0, 0.1) is 0 Å². The maximum atomic E-state index is 12.0. The highest BCUT2D eigenvalue weighted by Crippen LogP contribution is 2.33. The Morgan fingerprint density at radius 1 is 1.04 bits per heavy atom. The van der Waals surface area contributed by atoms with Crippen LogP contribution in [-0.4, -0.2) is 18.5 Å². The molecule has 0 N–H and O–H groups in total. The quantitative estimate of drug-likeness (QED) is 0.626. The molecule has 2 heterocycles.